The van der Waals surface area contributed by atoms with Crippen LogP contribution in [0.5, 0.6) is 5.75 Å². The molecule has 0 aliphatic rings. The molecule has 8 aromatic carbocycles. The van der Waals surface area contributed by atoms with Gasteiger partial charge in [-0.1, -0.05) is 154 Å². The van der Waals surface area contributed by atoms with Gasteiger partial charge in [-0.3, -0.25) is 9.55 Å². The lowest BCUT2D eigenvalue weighted by Crippen LogP contribution is -2.10. The molecule has 0 bridgehead atoms. The van der Waals surface area contributed by atoms with Crippen molar-refractivity contribution in [3.8, 4) is 89.7 Å². The minimum Gasteiger partial charge on any atom is -0.496 e. The van der Waals surface area contributed by atoms with Gasteiger partial charge in [-0.05, 0) is 154 Å². The van der Waals surface area contributed by atoms with Crippen molar-refractivity contribution in [2.75, 3.05) is 7.11 Å². The number of aromatic nitrogens is 3. The molecule has 4 nitrogen and oxygen atoms in total. The van der Waals surface area contributed by atoms with E-state index in [9.17, 15) is 0 Å². The number of nitrogens with zero attached hydrogens (tertiary/aromatic N) is 3. The molecule has 0 fully saturated rings. The minimum absolute atomic E-state index is 0.0665. The first-order chi connectivity index (χ1) is 33.6. The van der Waals surface area contributed by atoms with Crippen molar-refractivity contribution in [1.82, 2.24) is 14.5 Å². The van der Waals surface area contributed by atoms with E-state index in [0.717, 1.165) is 89.1 Å². The molecule has 67 heavy (non-hydrogen) atoms. The zero-order valence-electron chi connectivity index (χ0n) is 42.1. The maximum atomic E-state index is 9.04. The summed E-state index contributed by atoms with van der Waals surface area (Å²) in [6, 6.07) is 62.8. The fourth-order valence-electron chi connectivity index (χ4n) is 9.40. The van der Waals surface area contributed by atoms with E-state index >= 15 is 0 Å². The summed E-state index contributed by atoms with van der Waals surface area (Å²) >= 11 is 0. The summed E-state index contributed by atoms with van der Waals surface area (Å²) in [4.78, 5) is 10.6. The molecule has 0 saturated carbocycles. The fourth-order valence-corrected chi connectivity index (χ4v) is 9.40. The van der Waals surface area contributed by atoms with Gasteiger partial charge in [0.2, 0.25) is 0 Å². The van der Waals surface area contributed by atoms with Gasteiger partial charge in [0, 0.05) is 27.0 Å². The molecule has 4 heteroatoms. The zero-order chi connectivity index (χ0) is 48.9. The van der Waals surface area contributed by atoms with E-state index in [1.807, 2.05) is 48.7 Å². The molecule has 0 radical (unpaired) electrons. The second-order valence-corrected chi connectivity index (χ2v) is 18.7. The van der Waals surface area contributed by atoms with Crippen molar-refractivity contribution in [2.45, 2.75) is 53.8 Å². The Morgan fingerprint density at radius 2 is 1.15 bits per heavy atom. The van der Waals surface area contributed by atoms with Crippen LogP contribution < -0.4 is 4.74 Å². The van der Waals surface area contributed by atoms with Crippen LogP contribution in [0, 0.1) is 27.6 Å². The van der Waals surface area contributed by atoms with Crippen molar-refractivity contribution in [3.05, 3.63) is 216 Å². The molecule has 0 aliphatic heterocycles. The summed E-state index contributed by atoms with van der Waals surface area (Å²) in [5.41, 5.74) is 19.0. The van der Waals surface area contributed by atoms with Gasteiger partial charge >= 0.3 is 0 Å². The Labute approximate surface area is 399 Å². The normalized spacial score (nSPS) is 12.4. The summed E-state index contributed by atoms with van der Waals surface area (Å²) < 4.78 is 35.5. The van der Waals surface area contributed by atoms with Crippen LogP contribution in [0.1, 0.15) is 52.7 Å². The molecular formula is C63H55N3O. The molecule has 0 saturated heterocycles. The SMILES string of the molecule is [2H]C([2H])([2H])c1cc(-n2c(-c3cc(C)cc(C)c3OC)nc3c(-c4cc(-c5ccccc5)cc(-c5cc(-c6ccc(C)cc6)ccn5)c4)cccc32)c(-c2ccc(C(C)(C)C)cc2)cc1-c1ccccc1. The number of pyridine rings is 1. The van der Waals surface area contributed by atoms with Gasteiger partial charge in [0.1, 0.15) is 11.6 Å². The lowest BCUT2D eigenvalue weighted by Gasteiger charge is -2.22. The Morgan fingerprint density at radius 1 is 0.493 bits per heavy atom. The van der Waals surface area contributed by atoms with Gasteiger partial charge in [-0.25, -0.2) is 4.98 Å². The highest BCUT2D eigenvalue weighted by molar-refractivity contribution is 5.99. The van der Waals surface area contributed by atoms with Crippen LogP contribution in [0.4, 0.5) is 0 Å². The third-order valence-corrected chi connectivity index (χ3v) is 12.9. The number of benzene rings is 8. The summed E-state index contributed by atoms with van der Waals surface area (Å²) in [6.45, 7) is 10.4. The molecule has 10 aromatic rings. The minimum atomic E-state index is -2.45. The van der Waals surface area contributed by atoms with E-state index in [1.54, 1.807) is 7.11 Å². The van der Waals surface area contributed by atoms with E-state index < -0.39 is 6.85 Å². The van der Waals surface area contributed by atoms with Crippen LogP contribution in [0.15, 0.2) is 188 Å². The van der Waals surface area contributed by atoms with Crippen molar-refractivity contribution >= 4 is 11.0 Å². The zero-order valence-corrected chi connectivity index (χ0v) is 39.1. The van der Waals surface area contributed by atoms with Crippen LogP contribution in [0.3, 0.4) is 0 Å². The number of ether oxygens (including phenoxy) is 1. The maximum Gasteiger partial charge on any atom is 0.149 e. The molecule has 2 heterocycles. The van der Waals surface area contributed by atoms with Crippen molar-refractivity contribution in [3.63, 3.8) is 0 Å². The number of rotatable bonds is 9. The Kier molecular flexibility index (Phi) is 10.3. The first-order valence-electron chi connectivity index (χ1n) is 24.4. The Morgan fingerprint density at radius 3 is 1.85 bits per heavy atom. The Balaban J connectivity index is 1.29. The lowest BCUT2D eigenvalue weighted by atomic mass is 9.85. The molecule has 0 N–H and O–H groups in total. The summed E-state index contributed by atoms with van der Waals surface area (Å²) in [6.07, 6.45) is 1.89. The number of para-hydroxylation sites is 1. The van der Waals surface area contributed by atoms with Crippen molar-refractivity contribution in [1.29, 1.82) is 0 Å². The second kappa shape index (κ2) is 17.5. The molecule has 0 unspecified atom stereocenters. The molecule has 328 valence electrons. The highest BCUT2D eigenvalue weighted by Gasteiger charge is 2.25. The number of aryl methyl sites for hydroxylation is 4. The van der Waals surface area contributed by atoms with Gasteiger partial charge in [0.15, 0.2) is 0 Å². The molecular weight excluding hydrogens is 815 g/mol. The molecule has 2 aromatic heterocycles. The maximum absolute atomic E-state index is 9.04. The number of fused-ring (bicyclic) bond motifs is 1. The van der Waals surface area contributed by atoms with E-state index in [-0.39, 0.29) is 11.0 Å². The third-order valence-electron chi connectivity index (χ3n) is 12.9. The average Bonchev–Trinajstić information content (AvgIpc) is 3.76. The lowest BCUT2D eigenvalue weighted by molar-refractivity contribution is 0.413. The van der Waals surface area contributed by atoms with Crippen LogP contribution in [-0.2, 0) is 5.41 Å². The monoisotopic (exact) mass is 872 g/mol. The largest absolute Gasteiger partial charge is 0.496 e. The van der Waals surface area contributed by atoms with E-state index in [1.165, 1.54) is 11.1 Å². The number of methoxy groups -OCH3 is 1. The highest BCUT2D eigenvalue weighted by Crippen LogP contribution is 2.44. The van der Waals surface area contributed by atoms with Gasteiger partial charge < -0.3 is 4.74 Å². The van der Waals surface area contributed by atoms with E-state index in [2.05, 4.69) is 186 Å². The predicted molar refractivity (Wildman–Crippen MR) is 281 cm³/mol. The topological polar surface area (TPSA) is 39.9 Å². The summed E-state index contributed by atoms with van der Waals surface area (Å²) in [5, 5.41) is 0. The van der Waals surface area contributed by atoms with Crippen LogP contribution in [0.2, 0.25) is 0 Å². The van der Waals surface area contributed by atoms with Gasteiger partial charge in [0.05, 0.1) is 35.1 Å². The van der Waals surface area contributed by atoms with E-state index in [0.29, 0.717) is 22.8 Å². The quantitative estimate of drug-likeness (QED) is 0.145. The predicted octanol–water partition coefficient (Wildman–Crippen LogP) is 16.6. The molecule has 0 spiro atoms. The molecule has 0 aliphatic carbocycles. The third kappa shape index (κ3) is 8.36. The van der Waals surface area contributed by atoms with Crippen LogP contribution in [0.25, 0.3) is 95.0 Å². The molecule has 0 atom stereocenters. The smallest absolute Gasteiger partial charge is 0.149 e. The second-order valence-electron chi connectivity index (χ2n) is 18.7. The van der Waals surface area contributed by atoms with Crippen molar-refractivity contribution < 1.29 is 8.85 Å². The van der Waals surface area contributed by atoms with Crippen LogP contribution in [-0.4, -0.2) is 21.6 Å². The first kappa shape index (κ1) is 39.5. The number of imidazole rings is 1. The standard InChI is InChI=1S/C63H55N3O/c1-40-22-24-45(25-23-40)48-30-31-64-57(38-48)51-36-49(44-16-11-9-12-17-44)35-50(37-51)53-20-15-21-58-60(53)65-62(56-33-41(2)32-43(4)61(56)67-8)66(58)59-34-42(3)54(46-18-13-10-14-19-46)39-55(59)47-26-28-52(29-27-47)63(5,6)7/h9-39H,1-8H3/i3D3. The molecule has 0 amide bonds. The van der Waals surface area contributed by atoms with Crippen LogP contribution >= 0.6 is 0 Å². The summed E-state index contributed by atoms with van der Waals surface area (Å²) in [7, 11) is 1.70. The fraction of sp³-hybridized carbons (Fsp3) is 0.143. The Hall–Kier alpha value is -7.82. The van der Waals surface area contributed by atoms with Crippen molar-refractivity contribution in [2.24, 2.45) is 0 Å². The number of hydrogen-bond acceptors (Lipinski definition) is 3. The highest BCUT2D eigenvalue weighted by atomic mass is 16.5. The number of hydrogen-bond donors (Lipinski definition) is 0. The van der Waals surface area contributed by atoms with E-state index in [4.69, 9.17) is 18.8 Å². The summed E-state index contributed by atoms with van der Waals surface area (Å²) in [5.74, 6) is 1.33. The molecule has 10 rings (SSSR count). The average molecular weight is 873 g/mol. The van der Waals surface area contributed by atoms with Gasteiger partial charge in [0.25, 0.3) is 0 Å². The Bertz CT molecular complexity index is 3550. The van der Waals surface area contributed by atoms with Gasteiger partial charge in [-0.15, -0.1) is 0 Å². The first-order valence-corrected chi connectivity index (χ1v) is 22.9. The van der Waals surface area contributed by atoms with Gasteiger partial charge in [-0.2, -0.15) is 0 Å².